The van der Waals surface area contributed by atoms with Gasteiger partial charge in [0.05, 0.1) is 5.92 Å². The van der Waals surface area contributed by atoms with Crippen molar-refractivity contribution >= 4 is 12.0 Å². The number of likely N-dealkylation sites (tertiary alicyclic amines) is 1. The zero-order valence-corrected chi connectivity index (χ0v) is 11.6. The molecule has 1 saturated heterocycles. The molecule has 1 aliphatic heterocycles. The average Bonchev–Trinajstić information content (AvgIpc) is 2.46. The van der Waals surface area contributed by atoms with E-state index in [0.29, 0.717) is 26.1 Å². The average molecular weight is 276 g/mol. The van der Waals surface area contributed by atoms with Gasteiger partial charge in [-0.1, -0.05) is 29.8 Å². The zero-order valence-electron chi connectivity index (χ0n) is 11.6. The van der Waals surface area contributed by atoms with Crippen molar-refractivity contribution in [2.24, 2.45) is 5.92 Å². The van der Waals surface area contributed by atoms with Crippen molar-refractivity contribution in [2.45, 2.75) is 26.3 Å². The summed E-state index contributed by atoms with van der Waals surface area (Å²) in [6.45, 7) is 3.41. The highest BCUT2D eigenvalue weighted by Gasteiger charge is 2.27. The summed E-state index contributed by atoms with van der Waals surface area (Å²) in [7, 11) is 0. The second kappa shape index (κ2) is 6.41. The van der Waals surface area contributed by atoms with Gasteiger partial charge in [-0.2, -0.15) is 0 Å². The van der Waals surface area contributed by atoms with E-state index in [1.807, 2.05) is 31.2 Å². The smallest absolute Gasteiger partial charge is 0.317 e. The molecule has 0 bridgehead atoms. The van der Waals surface area contributed by atoms with Gasteiger partial charge in [0.15, 0.2) is 0 Å². The Morgan fingerprint density at radius 1 is 1.35 bits per heavy atom. The molecule has 0 aromatic heterocycles. The van der Waals surface area contributed by atoms with E-state index in [1.54, 1.807) is 4.90 Å². The predicted octanol–water partition coefficient (Wildman–Crippen LogP) is 2.00. The maximum atomic E-state index is 12.0. The van der Waals surface area contributed by atoms with Gasteiger partial charge in [0.25, 0.3) is 0 Å². The van der Waals surface area contributed by atoms with E-state index in [2.05, 4.69) is 5.32 Å². The van der Waals surface area contributed by atoms with Crippen molar-refractivity contribution in [3.63, 3.8) is 0 Å². The number of nitrogens with one attached hydrogen (secondary N) is 1. The number of hydrogen-bond acceptors (Lipinski definition) is 2. The van der Waals surface area contributed by atoms with Crippen LogP contribution in [0.25, 0.3) is 0 Å². The molecular formula is C15H20N2O3. The van der Waals surface area contributed by atoms with E-state index in [9.17, 15) is 9.59 Å². The number of benzene rings is 1. The Kier molecular flexibility index (Phi) is 4.61. The monoisotopic (exact) mass is 276 g/mol. The van der Waals surface area contributed by atoms with Crippen LogP contribution in [0.15, 0.2) is 24.3 Å². The third kappa shape index (κ3) is 3.73. The van der Waals surface area contributed by atoms with Crippen LogP contribution in [-0.2, 0) is 11.3 Å². The molecule has 108 valence electrons. The highest BCUT2D eigenvalue weighted by atomic mass is 16.4. The first-order chi connectivity index (χ1) is 9.56. The van der Waals surface area contributed by atoms with Gasteiger partial charge in [-0.15, -0.1) is 0 Å². The molecule has 1 unspecified atom stereocenters. The molecule has 1 heterocycles. The number of carboxylic acids is 1. The van der Waals surface area contributed by atoms with Gasteiger partial charge < -0.3 is 15.3 Å². The highest BCUT2D eigenvalue weighted by Crippen LogP contribution is 2.16. The number of hydrogen-bond donors (Lipinski definition) is 2. The second-order valence-electron chi connectivity index (χ2n) is 5.27. The van der Waals surface area contributed by atoms with Crippen molar-refractivity contribution in [1.29, 1.82) is 0 Å². The lowest BCUT2D eigenvalue weighted by Crippen LogP contribution is -2.46. The first-order valence-corrected chi connectivity index (χ1v) is 6.87. The number of aryl methyl sites for hydroxylation is 1. The van der Waals surface area contributed by atoms with Crippen LogP contribution in [0.2, 0.25) is 0 Å². The normalized spacial score (nSPS) is 18.6. The van der Waals surface area contributed by atoms with Crippen LogP contribution in [0.4, 0.5) is 4.79 Å². The zero-order chi connectivity index (χ0) is 14.5. The lowest BCUT2D eigenvalue weighted by molar-refractivity contribution is -0.143. The van der Waals surface area contributed by atoms with Gasteiger partial charge >= 0.3 is 12.0 Å². The molecule has 1 aliphatic rings. The minimum Gasteiger partial charge on any atom is -0.481 e. The van der Waals surface area contributed by atoms with E-state index < -0.39 is 11.9 Å². The van der Waals surface area contributed by atoms with Gasteiger partial charge in [0.2, 0.25) is 0 Å². The summed E-state index contributed by atoms with van der Waals surface area (Å²) in [5, 5.41) is 11.9. The maximum Gasteiger partial charge on any atom is 0.317 e. The molecule has 1 atom stereocenters. The van der Waals surface area contributed by atoms with Crippen molar-refractivity contribution in [2.75, 3.05) is 13.1 Å². The fourth-order valence-electron chi connectivity index (χ4n) is 2.36. The van der Waals surface area contributed by atoms with Gasteiger partial charge in [0.1, 0.15) is 0 Å². The number of amides is 2. The van der Waals surface area contributed by atoms with E-state index >= 15 is 0 Å². The number of piperidine rings is 1. The minimum atomic E-state index is -0.818. The van der Waals surface area contributed by atoms with Crippen LogP contribution in [0, 0.1) is 12.8 Å². The van der Waals surface area contributed by atoms with Gasteiger partial charge in [-0.25, -0.2) is 4.79 Å². The van der Waals surface area contributed by atoms with Gasteiger partial charge in [0, 0.05) is 19.6 Å². The molecule has 20 heavy (non-hydrogen) atoms. The summed E-state index contributed by atoms with van der Waals surface area (Å²) in [4.78, 5) is 24.6. The number of nitrogens with zero attached hydrogens (tertiary/aromatic N) is 1. The summed E-state index contributed by atoms with van der Waals surface area (Å²) in [5.74, 6) is -1.25. The van der Waals surface area contributed by atoms with Crippen LogP contribution < -0.4 is 5.32 Å². The molecule has 1 aromatic rings. The molecule has 1 aromatic carbocycles. The first kappa shape index (κ1) is 14.4. The summed E-state index contributed by atoms with van der Waals surface area (Å²) in [6, 6.07) is 7.78. The maximum absolute atomic E-state index is 12.0. The highest BCUT2D eigenvalue weighted by molar-refractivity contribution is 5.76. The van der Waals surface area contributed by atoms with Crippen molar-refractivity contribution in [1.82, 2.24) is 10.2 Å². The van der Waals surface area contributed by atoms with Gasteiger partial charge in [-0.05, 0) is 25.3 Å². The number of carbonyl (C=O) groups is 2. The van der Waals surface area contributed by atoms with E-state index in [4.69, 9.17) is 5.11 Å². The summed E-state index contributed by atoms with van der Waals surface area (Å²) in [5.41, 5.74) is 2.22. The lowest BCUT2D eigenvalue weighted by atomic mass is 9.99. The first-order valence-electron chi connectivity index (χ1n) is 6.87. The second-order valence-corrected chi connectivity index (χ2v) is 5.27. The molecule has 0 aliphatic carbocycles. The number of urea groups is 1. The Balaban J connectivity index is 1.85. The molecule has 5 heteroatoms. The van der Waals surface area contributed by atoms with E-state index in [1.165, 1.54) is 5.56 Å². The number of carbonyl (C=O) groups excluding carboxylic acids is 1. The van der Waals surface area contributed by atoms with Crippen LogP contribution in [-0.4, -0.2) is 35.1 Å². The largest absolute Gasteiger partial charge is 0.481 e. The van der Waals surface area contributed by atoms with Crippen LogP contribution in [0.3, 0.4) is 0 Å². The minimum absolute atomic E-state index is 0.184. The Hall–Kier alpha value is -2.04. The molecule has 2 rings (SSSR count). The summed E-state index contributed by atoms with van der Waals surface area (Å²) >= 11 is 0. The summed E-state index contributed by atoms with van der Waals surface area (Å²) < 4.78 is 0. The molecule has 5 nitrogen and oxygen atoms in total. The lowest BCUT2D eigenvalue weighted by Gasteiger charge is -2.30. The predicted molar refractivity (Wildman–Crippen MR) is 75.3 cm³/mol. The third-order valence-electron chi connectivity index (χ3n) is 3.62. The third-order valence-corrected chi connectivity index (χ3v) is 3.62. The Morgan fingerprint density at radius 3 is 2.70 bits per heavy atom. The molecule has 2 amide bonds. The Bertz CT molecular complexity index is 484. The number of rotatable bonds is 3. The van der Waals surface area contributed by atoms with Crippen molar-refractivity contribution in [3.05, 3.63) is 35.4 Å². The molecule has 2 N–H and O–H groups in total. The summed E-state index contributed by atoms with van der Waals surface area (Å²) in [6.07, 6.45) is 1.39. The van der Waals surface area contributed by atoms with E-state index in [-0.39, 0.29) is 6.03 Å². The van der Waals surface area contributed by atoms with E-state index in [0.717, 1.165) is 12.0 Å². The Morgan fingerprint density at radius 2 is 2.05 bits per heavy atom. The standard InChI is InChI=1S/C15H20N2O3/c1-11-4-6-12(7-5-11)9-16-15(20)17-8-2-3-13(10-17)14(18)19/h4-7,13H,2-3,8-10H2,1H3,(H,16,20)(H,18,19). The van der Waals surface area contributed by atoms with Crippen LogP contribution in [0.5, 0.6) is 0 Å². The Labute approximate surface area is 118 Å². The topological polar surface area (TPSA) is 69.6 Å². The molecular weight excluding hydrogens is 256 g/mol. The van der Waals surface area contributed by atoms with Crippen LogP contribution >= 0.6 is 0 Å². The van der Waals surface area contributed by atoms with Gasteiger partial charge in [-0.3, -0.25) is 4.79 Å². The quantitative estimate of drug-likeness (QED) is 0.887. The fourth-order valence-corrected chi connectivity index (χ4v) is 2.36. The molecule has 1 fully saturated rings. The number of carboxylic acid groups (broad SMARTS) is 1. The number of aliphatic carboxylic acids is 1. The van der Waals surface area contributed by atoms with Crippen LogP contribution in [0.1, 0.15) is 24.0 Å². The molecule has 0 saturated carbocycles. The SMILES string of the molecule is Cc1ccc(CNC(=O)N2CCCC(C(=O)O)C2)cc1. The van der Waals surface area contributed by atoms with Crippen molar-refractivity contribution in [3.8, 4) is 0 Å². The molecule has 0 spiro atoms. The van der Waals surface area contributed by atoms with Crippen molar-refractivity contribution < 1.29 is 14.7 Å². The fraction of sp³-hybridized carbons (Fsp3) is 0.467. The molecule has 0 radical (unpaired) electrons.